The van der Waals surface area contributed by atoms with E-state index in [-0.39, 0.29) is 11.1 Å². The van der Waals surface area contributed by atoms with Gasteiger partial charge in [0.1, 0.15) is 0 Å². The Morgan fingerprint density at radius 1 is 1.37 bits per heavy atom. The highest BCUT2D eigenvalue weighted by Crippen LogP contribution is 2.32. The molecule has 0 fully saturated rings. The number of amidine groups is 1. The molecule has 0 radical (unpaired) electrons. The van der Waals surface area contributed by atoms with E-state index in [2.05, 4.69) is 10.3 Å². The monoisotopic (exact) mass is 314 g/mol. The third-order valence-corrected chi connectivity index (χ3v) is 3.74. The minimum absolute atomic E-state index is 0.256. The van der Waals surface area contributed by atoms with Gasteiger partial charge >= 0.3 is 0 Å². The molecule has 1 aliphatic rings. The average Bonchev–Trinajstić information content (AvgIpc) is 2.63. The quantitative estimate of drug-likeness (QED) is 0.810. The zero-order valence-corrected chi connectivity index (χ0v) is 12.1. The molecule has 0 saturated heterocycles. The molecule has 0 unspecified atom stereocenters. The van der Waals surface area contributed by atoms with Gasteiger partial charge in [0, 0.05) is 22.5 Å². The van der Waals surface area contributed by atoms with Gasteiger partial charge in [0.05, 0.1) is 4.91 Å². The van der Waals surface area contributed by atoms with Gasteiger partial charge in [0.2, 0.25) is 5.91 Å². The van der Waals surface area contributed by atoms with Crippen LogP contribution in [0.2, 0.25) is 10.0 Å². The fourth-order valence-corrected chi connectivity index (χ4v) is 2.74. The van der Waals surface area contributed by atoms with Crippen molar-refractivity contribution in [1.29, 1.82) is 0 Å². The Labute approximate surface area is 123 Å². The molecule has 0 saturated carbocycles. The zero-order chi connectivity index (χ0) is 14.0. The Morgan fingerprint density at radius 3 is 2.58 bits per heavy atom. The van der Waals surface area contributed by atoms with E-state index in [4.69, 9.17) is 23.2 Å². The molecule has 7 heteroatoms. The molecule has 0 spiro atoms. The maximum atomic E-state index is 11.7. The Morgan fingerprint density at radius 2 is 2.00 bits per heavy atom. The molecule has 19 heavy (non-hydrogen) atoms. The highest BCUT2D eigenvalue weighted by Gasteiger charge is 2.23. The van der Waals surface area contributed by atoms with E-state index in [0.29, 0.717) is 20.5 Å². The van der Waals surface area contributed by atoms with E-state index in [1.165, 1.54) is 6.92 Å². The molecule has 2 rings (SSSR count). The van der Waals surface area contributed by atoms with E-state index in [1.807, 2.05) is 0 Å². The standard InChI is InChI=1S/C12H8Cl2N2O2S/c1-6(17)15-12-16-11(18)10(19-12)5-7-8(13)3-2-4-9(7)14/h2-5H,1H3,(H,15,16,17,18). The van der Waals surface area contributed by atoms with Crippen LogP contribution < -0.4 is 5.32 Å². The second kappa shape index (κ2) is 5.77. The van der Waals surface area contributed by atoms with Crippen LogP contribution in [0.3, 0.4) is 0 Å². The lowest BCUT2D eigenvalue weighted by Gasteiger charge is -2.02. The van der Waals surface area contributed by atoms with Gasteiger partial charge < -0.3 is 5.32 Å². The number of hydrogen-bond acceptors (Lipinski definition) is 3. The number of benzene rings is 1. The molecule has 0 bridgehead atoms. The first-order valence-electron chi connectivity index (χ1n) is 5.21. The minimum Gasteiger partial charge on any atom is -0.305 e. The molecule has 1 aromatic rings. The van der Waals surface area contributed by atoms with Crippen LogP contribution in [0.1, 0.15) is 12.5 Å². The molecule has 0 aromatic heterocycles. The van der Waals surface area contributed by atoms with Crippen molar-refractivity contribution >= 4 is 58.0 Å². The third-order valence-electron chi connectivity index (χ3n) is 2.18. The largest absolute Gasteiger partial charge is 0.305 e. The summed E-state index contributed by atoms with van der Waals surface area (Å²) in [6.07, 6.45) is 1.57. The van der Waals surface area contributed by atoms with Gasteiger partial charge in [-0.15, -0.1) is 0 Å². The first kappa shape index (κ1) is 14.1. The molecule has 1 aromatic carbocycles. The van der Waals surface area contributed by atoms with Crippen molar-refractivity contribution in [1.82, 2.24) is 5.32 Å². The van der Waals surface area contributed by atoms with Crippen LogP contribution in [0, 0.1) is 0 Å². The molecule has 0 aliphatic carbocycles. The minimum atomic E-state index is -0.426. The van der Waals surface area contributed by atoms with Gasteiger partial charge in [-0.1, -0.05) is 29.3 Å². The fraction of sp³-hybridized carbons (Fsp3) is 0.0833. The molecule has 1 N–H and O–H groups in total. The Balaban J connectivity index is 2.28. The van der Waals surface area contributed by atoms with E-state index < -0.39 is 5.91 Å². The van der Waals surface area contributed by atoms with Crippen LogP contribution in [-0.2, 0) is 9.59 Å². The second-order valence-corrected chi connectivity index (χ2v) is 5.49. The lowest BCUT2D eigenvalue weighted by molar-refractivity contribution is -0.117. The maximum absolute atomic E-state index is 11.7. The highest BCUT2D eigenvalue weighted by atomic mass is 35.5. The number of thioether (sulfide) groups is 1. The number of halogens is 2. The number of amides is 2. The number of nitrogens with one attached hydrogen (secondary N) is 1. The summed E-state index contributed by atoms with van der Waals surface area (Å²) in [6.45, 7) is 1.35. The van der Waals surface area contributed by atoms with Crippen molar-refractivity contribution in [3.63, 3.8) is 0 Å². The van der Waals surface area contributed by atoms with Crippen LogP contribution in [-0.4, -0.2) is 17.0 Å². The van der Waals surface area contributed by atoms with E-state index >= 15 is 0 Å². The van der Waals surface area contributed by atoms with Crippen molar-refractivity contribution in [3.8, 4) is 0 Å². The molecule has 4 nitrogen and oxygen atoms in total. The summed E-state index contributed by atoms with van der Waals surface area (Å²) in [7, 11) is 0. The van der Waals surface area contributed by atoms with Crippen LogP contribution in [0.4, 0.5) is 0 Å². The average molecular weight is 315 g/mol. The summed E-state index contributed by atoms with van der Waals surface area (Å²) in [5, 5.41) is 3.61. The van der Waals surface area contributed by atoms with Crippen LogP contribution in [0.5, 0.6) is 0 Å². The Hall–Kier alpha value is -1.30. The maximum Gasteiger partial charge on any atom is 0.286 e. The van der Waals surface area contributed by atoms with Gasteiger partial charge in [0.25, 0.3) is 5.91 Å². The molecule has 0 atom stereocenters. The lowest BCUT2D eigenvalue weighted by atomic mass is 10.2. The van der Waals surface area contributed by atoms with E-state index in [9.17, 15) is 9.59 Å². The van der Waals surface area contributed by atoms with Gasteiger partial charge in [-0.3, -0.25) is 9.59 Å². The first-order chi connectivity index (χ1) is 8.97. The topological polar surface area (TPSA) is 58.5 Å². The molecule has 98 valence electrons. The SMILES string of the molecule is CC(=O)NC1=NC(=O)C(=Cc2c(Cl)cccc2Cl)S1. The summed E-state index contributed by atoms with van der Waals surface area (Å²) in [4.78, 5) is 26.7. The number of nitrogens with zero attached hydrogens (tertiary/aromatic N) is 1. The lowest BCUT2D eigenvalue weighted by Crippen LogP contribution is -2.23. The van der Waals surface area contributed by atoms with Crippen molar-refractivity contribution in [2.45, 2.75) is 6.92 Å². The van der Waals surface area contributed by atoms with Crippen LogP contribution in [0.25, 0.3) is 6.08 Å². The van der Waals surface area contributed by atoms with Crippen molar-refractivity contribution < 1.29 is 9.59 Å². The highest BCUT2D eigenvalue weighted by molar-refractivity contribution is 8.18. The molecule has 1 aliphatic heterocycles. The Kier molecular flexibility index (Phi) is 4.29. The summed E-state index contributed by atoms with van der Waals surface area (Å²) in [6, 6.07) is 5.08. The summed E-state index contributed by atoms with van der Waals surface area (Å²) < 4.78 is 0. The number of carbonyl (C=O) groups excluding carboxylic acids is 2. The van der Waals surface area contributed by atoms with Gasteiger partial charge in [-0.2, -0.15) is 4.99 Å². The fourth-order valence-electron chi connectivity index (χ4n) is 1.39. The second-order valence-electron chi connectivity index (χ2n) is 3.65. The summed E-state index contributed by atoms with van der Waals surface area (Å²) >= 11 is 13.1. The van der Waals surface area contributed by atoms with E-state index in [0.717, 1.165) is 11.8 Å². The van der Waals surface area contributed by atoms with Crippen LogP contribution >= 0.6 is 35.0 Å². The number of carbonyl (C=O) groups is 2. The Bertz CT molecular complexity index is 606. The van der Waals surface area contributed by atoms with Crippen molar-refractivity contribution in [3.05, 3.63) is 38.7 Å². The summed E-state index contributed by atoms with van der Waals surface area (Å²) in [5.74, 6) is -0.708. The number of rotatable bonds is 1. The normalized spacial score (nSPS) is 16.7. The van der Waals surface area contributed by atoms with E-state index in [1.54, 1.807) is 24.3 Å². The first-order valence-corrected chi connectivity index (χ1v) is 6.79. The third kappa shape index (κ3) is 3.37. The van der Waals surface area contributed by atoms with Crippen LogP contribution in [0.15, 0.2) is 28.1 Å². The number of aliphatic imine (C=N–C) groups is 1. The van der Waals surface area contributed by atoms with Crippen molar-refractivity contribution in [2.24, 2.45) is 4.99 Å². The molecular weight excluding hydrogens is 307 g/mol. The molecule has 1 heterocycles. The number of hydrogen-bond donors (Lipinski definition) is 1. The predicted octanol–water partition coefficient (Wildman–Crippen LogP) is 3.10. The molecular formula is C12H8Cl2N2O2S. The smallest absolute Gasteiger partial charge is 0.286 e. The van der Waals surface area contributed by atoms with Gasteiger partial charge in [-0.25, -0.2) is 0 Å². The van der Waals surface area contributed by atoms with Crippen molar-refractivity contribution in [2.75, 3.05) is 0 Å². The van der Waals surface area contributed by atoms with Gasteiger partial charge in [-0.05, 0) is 30.0 Å². The predicted molar refractivity (Wildman–Crippen MR) is 78.3 cm³/mol. The zero-order valence-electron chi connectivity index (χ0n) is 9.74. The van der Waals surface area contributed by atoms with Gasteiger partial charge in [0.15, 0.2) is 5.17 Å². The summed E-state index contributed by atoms with van der Waals surface area (Å²) in [5.41, 5.74) is 0.556. The molecule has 2 amide bonds.